The third-order valence-corrected chi connectivity index (χ3v) is 3.88. The Hall–Kier alpha value is -2.70. The zero-order valence-electron chi connectivity index (χ0n) is 13.2. The number of nitrogens with zero attached hydrogens (tertiary/aromatic N) is 4. The molecule has 120 valence electrons. The summed E-state index contributed by atoms with van der Waals surface area (Å²) >= 11 is 0. The van der Waals surface area contributed by atoms with Gasteiger partial charge in [-0.15, -0.1) is 0 Å². The second kappa shape index (κ2) is 6.20. The Morgan fingerprint density at radius 1 is 1.39 bits per heavy atom. The van der Waals surface area contributed by atoms with Crippen LogP contribution in [0.15, 0.2) is 24.5 Å². The number of hydrogen-bond donors (Lipinski definition) is 2. The molecule has 2 aromatic heterocycles. The fourth-order valence-corrected chi connectivity index (χ4v) is 2.70. The van der Waals surface area contributed by atoms with E-state index < -0.39 is 5.91 Å². The number of amides is 1. The molecular formula is C16H19N5O2. The van der Waals surface area contributed by atoms with E-state index in [1.54, 1.807) is 12.3 Å². The van der Waals surface area contributed by atoms with Crippen molar-refractivity contribution < 1.29 is 9.90 Å². The number of carbonyl (C=O) groups excluding carboxylic acids is 1. The van der Waals surface area contributed by atoms with Crippen LogP contribution in [0.25, 0.3) is 0 Å². The van der Waals surface area contributed by atoms with Crippen molar-refractivity contribution in [3.63, 3.8) is 0 Å². The molecule has 0 unspecified atom stereocenters. The number of carbonyl (C=O) groups is 1. The Morgan fingerprint density at radius 3 is 2.96 bits per heavy atom. The van der Waals surface area contributed by atoms with Crippen LogP contribution in [0, 0.1) is 0 Å². The number of anilines is 1. The molecular weight excluding hydrogens is 294 g/mol. The highest BCUT2D eigenvalue weighted by Crippen LogP contribution is 2.29. The summed E-state index contributed by atoms with van der Waals surface area (Å²) in [5, 5.41) is 12.7. The average Bonchev–Trinajstić information content (AvgIpc) is 2.55. The minimum Gasteiger partial charge on any atom is -0.505 e. The summed E-state index contributed by atoms with van der Waals surface area (Å²) in [4.78, 5) is 27.0. The molecule has 0 radical (unpaired) electrons. The third kappa shape index (κ3) is 3.08. The molecule has 0 fully saturated rings. The quantitative estimate of drug-likeness (QED) is 0.891. The van der Waals surface area contributed by atoms with E-state index in [0.717, 1.165) is 30.5 Å². The van der Waals surface area contributed by atoms with Crippen molar-refractivity contribution >= 4 is 11.9 Å². The number of fused-ring (bicyclic) bond motifs is 1. The molecule has 0 aromatic carbocycles. The van der Waals surface area contributed by atoms with E-state index in [4.69, 9.17) is 0 Å². The fraction of sp³-hybridized carbons (Fsp3) is 0.375. The Kier molecular flexibility index (Phi) is 4.10. The monoisotopic (exact) mass is 313 g/mol. The minimum absolute atomic E-state index is 0.0328. The van der Waals surface area contributed by atoms with Crippen LogP contribution < -0.4 is 10.2 Å². The first-order valence-electron chi connectivity index (χ1n) is 7.54. The SMILES string of the molecule is CN(C)c1ncc2c(n1)CCC[C@H]2NC(=O)c1ncccc1O. The van der Waals surface area contributed by atoms with Gasteiger partial charge >= 0.3 is 0 Å². The van der Waals surface area contributed by atoms with E-state index in [2.05, 4.69) is 20.3 Å². The highest BCUT2D eigenvalue weighted by Gasteiger charge is 2.25. The maximum atomic E-state index is 12.3. The minimum atomic E-state index is -0.391. The Balaban J connectivity index is 1.83. The molecule has 2 heterocycles. The van der Waals surface area contributed by atoms with Gasteiger partial charge in [0.2, 0.25) is 5.95 Å². The van der Waals surface area contributed by atoms with Crippen molar-refractivity contribution in [2.45, 2.75) is 25.3 Å². The topological polar surface area (TPSA) is 91.2 Å². The smallest absolute Gasteiger partial charge is 0.274 e. The van der Waals surface area contributed by atoms with Crippen molar-refractivity contribution in [2.24, 2.45) is 0 Å². The van der Waals surface area contributed by atoms with Crippen LogP contribution in [-0.2, 0) is 6.42 Å². The summed E-state index contributed by atoms with van der Waals surface area (Å²) < 4.78 is 0. The summed E-state index contributed by atoms with van der Waals surface area (Å²) in [6, 6.07) is 2.87. The first-order chi connectivity index (χ1) is 11.1. The van der Waals surface area contributed by atoms with Crippen molar-refractivity contribution in [3.05, 3.63) is 41.5 Å². The van der Waals surface area contributed by atoms with E-state index in [0.29, 0.717) is 5.95 Å². The van der Waals surface area contributed by atoms with E-state index in [1.165, 1.54) is 12.3 Å². The lowest BCUT2D eigenvalue weighted by Gasteiger charge is -2.26. The molecule has 7 heteroatoms. The average molecular weight is 313 g/mol. The molecule has 0 saturated heterocycles. The molecule has 7 nitrogen and oxygen atoms in total. The van der Waals surface area contributed by atoms with Gasteiger partial charge in [0.1, 0.15) is 5.75 Å². The van der Waals surface area contributed by atoms with Crippen molar-refractivity contribution in [3.8, 4) is 5.75 Å². The van der Waals surface area contributed by atoms with Gasteiger partial charge in [-0.05, 0) is 31.4 Å². The van der Waals surface area contributed by atoms with Gasteiger partial charge in [-0.1, -0.05) is 0 Å². The largest absolute Gasteiger partial charge is 0.505 e. The van der Waals surface area contributed by atoms with Crippen LogP contribution in [-0.4, -0.2) is 40.1 Å². The standard InChI is InChI=1S/C16H19N5O2/c1-21(2)16-18-9-10-11(5-3-6-12(10)20-16)19-15(23)14-13(22)7-4-8-17-14/h4,7-9,11,22H,3,5-6H2,1-2H3,(H,19,23)/t11-/m1/s1. The van der Waals surface area contributed by atoms with Crippen LogP contribution in [0.1, 0.15) is 40.6 Å². The molecule has 0 aliphatic heterocycles. The Labute approximate surface area is 134 Å². The predicted octanol–water partition coefficient (Wildman–Crippen LogP) is 1.45. The highest BCUT2D eigenvalue weighted by molar-refractivity contribution is 5.95. The molecule has 1 amide bonds. The normalized spacial score (nSPS) is 16.5. The molecule has 23 heavy (non-hydrogen) atoms. The lowest BCUT2D eigenvalue weighted by molar-refractivity contribution is 0.0924. The lowest BCUT2D eigenvalue weighted by atomic mass is 9.92. The number of aromatic nitrogens is 3. The van der Waals surface area contributed by atoms with E-state index in [1.807, 2.05) is 19.0 Å². The summed E-state index contributed by atoms with van der Waals surface area (Å²) in [6.07, 6.45) is 5.89. The molecule has 1 aliphatic rings. The number of aromatic hydroxyl groups is 1. The van der Waals surface area contributed by atoms with Gasteiger partial charge in [0.25, 0.3) is 5.91 Å². The van der Waals surface area contributed by atoms with Crippen molar-refractivity contribution in [2.75, 3.05) is 19.0 Å². The summed E-state index contributed by atoms with van der Waals surface area (Å²) in [5.74, 6) is 0.149. The van der Waals surface area contributed by atoms with E-state index in [9.17, 15) is 9.90 Å². The zero-order valence-corrected chi connectivity index (χ0v) is 13.2. The van der Waals surface area contributed by atoms with Gasteiger partial charge < -0.3 is 15.3 Å². The lowest BCUT2D eigenvalue weighted by Crippen LogP contribution is -2.32. The van der Waals surface area contributed by atoms with E-state index >= 15 is 0 Å². The molecule has 1 aliphatic carbocycles. The van der Waals surface area contributed by atoms with Gasteiger partial charge in [0.05, 0.1) is 11.7 Å². The molecule has 0 spiro atoms. The summed E-state index contributed by atoms with van der Waals surface area (Å²) in [5.41, 5.74) is 1.93. The predicted molar refractivity (Wildman–Crippen MR) is 85.4 cm³/mol. The molecule has 0 bridgehead atoms. The van der Waals surface area contributed by atoms with Gasteiger partial charge in [-0.3, -0.25) is 4.79 Å². The summed E-state index contributed by atoms with van der Waals surface area (Å²) in [6.45, 7) is 0. The van der Waals surface area contributed by atoms with Crippen molar-refractivity contribution in [1.29, 1.82) is 0 Å². The molecule has 0 saturated carbocycles. The highest BCUT2D eigenvalue weighted by atomic mass is 16.3. The van der Waals surface area contributed by atoms with Crippen LogP contribution in [0.2, 0.25) is 0 Å². The molecule has 2 aromatic rings. The van der Waals surface area contributed by atoms with Gasteiger partial charge in [0, 0.05) is 32.1 Å². The van der Waals surface area contributed by atoms with Crippen LogP contribution in [0.3, 0.4) is 0 Å². The number of pyridine rings is 1. The fourth-order valence-electron chi connectivity index (χ4n) is 2.70. The van der Waals surface area contributed by atoms with E-state index in [-0.39, 0.29) is 17.5 Å². The van der Waals surface area contributed by atoms with Crippen LogP contribution in [0.4, 0.5) is 5.95 Å². The van der Waals surface area contributed by atoms with Gasteiger partial charge in [-0.25, -0.2) is 15.0 Å². The third-order valence-electron chi connectivity index (χ3n) is 3.88. The van der Waals surface area contributed by atoms with Crippen LogP contribution in [0.5, 0.6) is 5.75 Å². The first-order valence-corrected chi connectivity index (χ1v) is 7.54. The zero-order chi connectivity index (χ0) is 16.4. The second-order valence-corrected chi connectivity index (χ2v) is 5.76. The first kappa shape index (κ1) is 15.2. The van der Waals surface area contributed by atoms with Gasteiger partial charge in [0.15, 0.2) is 5.69 Å². The number of aryl methyl sites for hydroxylation is 1. The molecule has 1 atom stereocenters. The number of rotatable bonds is 3. The Bertz CT molecular complexity index is 732. The number of hydrogen-bond acceptors (Lipinski definition) is 6. The summed E-state index contributed by atoms with van der Waals surface area (Å²) in [7, 11) is 3.79. The number of nitrogens with one attached hydrogen (secondary N) is 1. The molecule has 2 N–H and O–H groups in total. The maximum absolute atomic E-state index is 12.3. The maximum Gasteiger partial charge on any atom is 0.274 e. The second-order valence-electron chi connectivity index (χ2n) is 5.76. The molecule has 3 rings (SSSR count). The van der Waals surface area contributed by atoms with Crippen LogP contribution >= 0.6 is 0 Å². The van der Waals surface area contributed by atoms with Gasteiger partial charge in [-0.2, -0.15) is 0 Å². The Morgan fingerprint density at radius 2 is 2.22 bits per heavy atom. The van der Waals surface area contributed by atoms with Crippen molar-refractivity contribution in [1.82, 2.24) is 20.3 Å².